The molecule has 5 rings (SSSR count). The smallest absolute Gasteiger partial charge is 0.231 e. The maximum absolute atomic E-state index is 13.3. The number of amides is 1. The van der Waals surface area contributed by atoms with Crippen LogP contribution in [0.1, 0.15) is 60.8 Å². The van der Waals surface area contributed by atoms with E-state index in [9.17, 15) is 15.0 Å². The highest BCUT2D eigenvalue weighted by Crippen LogP contribution is 2.56. The number of carbonyl (C=O) groups excluding carboxylic acids is 1. The molecule has 242 valence electrons. The van der Waals surface area contributed by atoms with Gasteiger partial charge in [0.2, 0.25) is 18.4 Å². The van der Waals surface area contributed by atoms with Crippen molar-refractivity contribution >= 4 is 5.91 Å². The zero-order chi connectivity index (χ0) is 31.1. The molecular formula is C32H46N4O8. The van der Waals surface area contributed by atoms with Crippen molar-refractivity contribution in [1.82, 2.24) is 16.0 Å². The van der Waals surface area contributed by atoms with Gasteiger partial charge in [0.05, 0.1) is 26.9 Å². The minimum atomic E-state index is -1.06. The van der Waals surface area contributed by atoms with Crippen LogP contribution in [0.5, 0.6) is 28.7 Å². The molecule has 1 amide bonds. The van der Waals surface area contributed by atoms with Gasteiger partial charge >= 0.3 is 0 Å². The Morgan fingerprint density at radius 3 is 2.18 bits per heavy atom. The second-order valence-corrected chi connectivity index (χ2v) is 11.5. The Hall–Kier alpha value is -3.29. The standard InChI is InChI=1S/C32H46N4O8/c1-40-25-13-19(14-26(41-2)31(25)38)28-20-15-23-24(44-18-43-23)16-21(20)30(22-17-42-32(39)29(22)28)36-27(37)7-12-35-11-6-5-10-34-9-4-3-8-33/h13-16,22,28-30,32,34-35,38-39H,3-12,17-18,33H2,1-2H3,(H,36,37)/t22-,28+,29-,30+,32?/m0/s1. The summed E-state index contributed by atoms with van der Waals surface area (Å²) in [6.07, 6.45) is 3.51. The van der Waals surface area contributed by atoms with Crippen LogP contribution in [0.2, 0.25) is 0 Å². The molecule has 5 atom stereocenters. The first kappa shape index (κ1) is 32.1. The number of phenols is 1. The molecule has 0 aromatic heterocycles. The number of nitrogens with two attached hydrogens (primary N) is 1. The summed E-state index contributed by atoms with van der Waals surface area (Å²) in [6, 6.07) is 6.94. The molecule has 3 aliphatic rings. The zero-order valence-electron chi connectivity index (χ0n) is 25.6. The molecule has 0 radical (unpaired) electrons. The minimum Gasteiger partial charge on any atom is -0.502 e. The van der Waals surface area contributed by atoms with Gasteiger partial charge in [0, 0.05) is 30.7 Å². The monoisotopic (exact) mass is 614 g/mol. The van der Waals surface area contributed by atoms with E-state index < -0.39 is 18.2 Å². The number of aromatic hydroxyl groups is 1. The van der Waals surface area contributed by atoms with Gasteiger partial charge in [0.1, 0.15) is 0 Å². The second kappa shape index (κ2) is 15.1. The number of methoxy groups -OCH3 is 2. The molecule has 0 saturated carbocycles. The molecule has 44 heavy (non-hydrogen) atoms. The highest BCUT2D eigenvalue weighted by atomic mass is 16.7. The average molecular weight is 615 g/mol. The molecule has 12 nitrogen and oxygen atoms in total. The lowest BCUT2D eigenvalue weighted by Gasteiger charge is -2.41. The van der Waals surface area contributed by atoms with Gasteiger partial charge in [-0.2, -0.15) is 0 Å². The van der Waals surface area contributed by atoms with Gasteiger partial charge in [0.25, 0.3) is 0 Å². The molecule has 1 saturated heterocycles. The van der Waals surface area contributed by atoms with Crippen LogP contribution in [0.3, 0.4) is 0 Å². The van der Waals surface area contributed by atoms with Gasteiger partial charge in [-0.3, -0.25) is 4.79 Å². The van der Waals surface area contributed by atoms with E-state index >= 15 is 0 Å². The Bertz CT molecular complexity index is 1250. The number of nitrogens with one attached hydrogen (secondary N) is 3. The van der Waals surface area contributed by atoms with Crippen LogP contribution in [0.25, 0.3) is 0 Å². The van der Waals surface area contributed by atoms with Crippen LogP contribution in [-0.4, -0.2) is 82.8 Å². The van der Waals surface area contributed by atoms with Crippen molar-refractivity contribution in [3.05, 3.63) is 41.0 Å². The number of hydrogen-bond acceptors (Lipinski definition) is 11. The molecule has 7 N–H and O–H groups in total. The number of benzene rings is 2. The zero-order valence-corrected chi connectivity index (χ0v) is 25.6. The third-order valence-electron chi connectivity index (χ3n) is 8.82. The third-order valence-corrected chi connectivity index (χ3v) is 8.82. The van der Waals surface area contributed by atoms with E-state index in [4.69, 9.17) is 29.4 Å². The molecule has 0 bridgehead atoms. The highest BCUT2D eigenvalue weighted by molar-refractivity contribution is 5.77. The Morgan fingerprint density at radius 2 is 1.55 bits per heavy atom. The van der Waals surface area contributed by atoms with Crippen LogP contribution < -0.4 is 40.6 Å². The Balaban J connectivity index is 1.30. The van der Waals surface area contributed by atoms with Crippen molar-refractivity contribution in [2.24, 2.45) is 17.6 Å². The first-order chi connectivity index (χ1) is 21.5. The van der Waals surface area contributed by atoms with Gasteiger partial charge in [-0.15, -0.1) is 0 Å². The van der Waals surface area contributed by atoms with Crippen molar-refractivity contribution in [1.29, 1.82) is 0 Å². The number of aliphatic hydroxyl groups excluding tert-OH is 1. The summed E-state index contributed by atoms with van der Waals surface area (Å²) in [4.78, 5) is 13.3. The minimum absolute atomic E-state index is 0.0840. The van der Waals surface area contributed by atoms with Crippen molar-refractivity contribution in [2.45, 2.75) is 50.4 Å². The summed E-state index contributed by atoms with van der Waals surface area (Å²) >= 11 is 0. The normalized spacial score (nSPS) is 23.2. The SMILES string of the molecule is COc1cc([C@@H]2c3cc4c(cc3[C@@H](NC(=O)CCNCCCCNCCCCN)[C@H]3COC(O)[C@H]23)OCO4)cc(OC)c1O. The van der Waals surface area contributed by atoms with Gasteiger partial charge in [-0.1, -0.05) is 0 Å². The lowest BCUT2D eigenvalue weighted by Crippen LogP contribution is -2.44. The fourth-order valence-corrected chi connectivity index (χ4v) is 6.60. The lowest BCUT2D eigenvalue weighted by atomic mass is 9.65. The predicted molar refractivity (Wildman–Crippen MR) is 163 cm³/mol. The number of carbonyl (C=O) groups is 1. The molecule has 1 fully saturated rings. The third kappa shape index (κ3) is 7.00. The van der Waals surface area contributed by atoms with Crippen molar-refractivity contribution in [3.63, 3.8) is 0 Å². The molecule has 2 heterocycles. The largest absolute Gasteiger partial charge is 0.502 e. The van der Waals surface area contributed by atoms with Crippen LogP contribution in [-0.2, 0) is 9.53 Å². The summed E-state index contributed by atoms with van der Waals surface area (Å²) in [7, 11) is 2.95. The molecule has 2 aliphatic heterocycles. The number of ether oxygens (including phenoxy) is 5. The van der Waals surface area contributed by atoms with E-state index in [1.807, 2.05) is 12.1 Å². The fraction of sp³-hybridized carbons (Fsp3) is 0.594. The summed E-state index contributed by atoms with van der Waals surface area (Å²) in [6.45, 7) is 4.51. The molecule has 12 heteroatoms. The number of hydrogen-bond donors (Lipinski definition) is 6. The topological polar surface area (TPSA) is 166 Å². The average Bonchev–Trinajstić information content (AvgIpc) is 3.65. The number of phenolic OH excluding ortho intramolecular Hbond substituents is 1. The fourth-order valence-electron chi connectivity index (χ4n) is 6.60. The first-order valence-corrected chi connectivity index (χ1v) is 15.6. The molecule has 2 aromatic rings. The lowest BCUT2D eigenvalue weighted by molar-refractivity contribution is -0.122. The highest BCUT2D eigenvalue weighted by Gasteiger charge is 2.52. The molecule has 2 aromatic carbocycles. The van der Waals surface area contributed by atoms with Crippen LogP contribution >= 0.6 is 0 Å². The van der Waals surface area contributed by atoms with Crippen LogP contribution in [0, 0.1) is 11.8 Å². The van der Waals surface area contributed by atoms with E-state index in [1.54, 1.807) is 12.1 Å². The quantitative estimate of drug-likeness (QED) is 0.153. The van der Waals surface area contributed by atoms with E-state index in [0.29, 0.717) is 24.5 Å². The van der Waals surface area contributed by atoms with E-state index in [2.05, 4.69) is 16.0 Å². The van der Waals surface area contributed by atoms with Gasteiger partial charge in [0.15, 0.2) is 29.3 Å². The maximum Gasteiger partial charge on any atom is 0.231 e. The van der Waals surface area contributed by atoms with Gasteiger partial charge in [-0.05, 0) is 92.8 Å². The molecular weight excluding hydrogens is 568 g/mol. The van der Waals surface area contributed by atoms with Crippen molar-refractivity contribution in [2.75, 3.05) is 60.3 Å². The predicted octanol–water partition coefficient (Wildman–Crippen LogP) is 2.11. The molecule has 1 unspecified atom stereocenters. The summed E-state index contributed by atoms with van der Waals surface area (Å²) in [5.74, 6) is 0.553. The van der Waals surface area contributed by atoms with Crippen LogP contribution in [0.4, 0.5) is 0 Å². The Morgan fingerprint density at radius 1 is 0.932 bits per heavy atom. The molecule has 0 spiro atoms. The van der Waals surface area contributed by atoms with Crippen molar-refractivity contribution < 1.29 is 38.7 Å². The van der Waals surface area contributed by atoms with E-state index in [0.717, 1.165) is 68.6 Å². The Kier molecular flexibility index (Phi) is 11.0. The summed E-state index contributed by atoms with van der Waals surface area (Å²) in [5.41, 5.74) is 8.05. The second-order valence-electron chi connectivity index (χ2n) is 11.5. The number of fused-ring (bicyclic) bond motifs is 3. The summed E-state index contributed by atoms with van der Waals surface area (Å²) in [5, 5.41) is 31.8. The maximum atomic E-state index is 13.3. The first-order valence-electron chi connectivity index (χ1n) is 15.6. The van der Waals surface area contributed by atoms with E-state index in [-0.39, 0.29) is 48.4 Å². The van der Waals surface area contributed by atoms with Gasteiger partial charge < -0.3 is 55.6 Å². The van der Waals surface area contributed by atoms with Gasteiger partial charge in [-0.25, -0.2) is 0 Å². The Labute approximate surface area is 258 Å². The number of rotatable bonds is 16. The van der Waals surface area contributed by atoms with Crippen molar-refractivity contribution in [3.8, 4) is 28.7 Å². The summed E-state index contributed by atoms with van der Waals surface area (Å²) < 4.78 is 28.1. The number of aliphatic hydroxyl groups is 1. The number of unbranched alkanes of at least 4 members (excludes halogenated alkanes) is 2. The van der Waals surface area contributed by atoms with Crippen LogP contribution in [0.15, 0.2) is 24.3 Å². The van der Waals surface area contributed by atoms with E-state index in [1.165, 1.54) is 14.2 Å². The molecule has 1 aliphatic carbocycles.